The molecular weight excluding hydrogens is 299 g/mol. The van der Waals surface area contributed by atoms with E-state index in [0.717, 1.165) is 0 Å². The Kier molecular flexibility index (Phi) is 3.11. The van der Waals surface area contributed by atoms with Crippen LogP contribution in [-0.2, 0) is 17.5 Å². The Labute approximate surface area is 115 Å². The number of hydrogen-bond donors (Lipinski definition) is 1. The number of fused-ring (bicyclic) bond motifs is 1. The number of aliphatic hydroxyl groups excluding tert-OH is 1. The topological polar surface area (TPSA) is 60.2 Å². The van der Waals surface area contributed by atoms with Gasteiger partial charge in [-0.05, 0) is 11.6 Å². The average molecular weight is 308 g/mol. The van der Waals surface area contributed by atoms with Crippen LogP contribution >= 0.6 is 11.6 Å². The summed E-state index contributed by atoms with van der Waals surface area (Å²) in [5, 5.41) is 12.7. The molecule has 3 rings (SSSR count). The van der Waals surface area contributed by atoms with Gasteiger partial charge in [0.05, 0.1) is 25.2 Å². The zero-order valence-electron chi connectivity index (χ0n) is 9.98. The summed E-state index contributed by atoms with van der Waals surface area (Å²) in [6.45, 7) is -0.0257. The minimum atomic E-state index is -4.63. The summed E-state index contributed by atoms with van der Waals surface area (Å²) in [6, 6.07) is 0.911. The highest BCUT2D eigenvalue weighted by Crippen LogP contribution is 2.37. The zero-order valence-corrected chi connectivity index (χ0v) is 10.7. The highest BCUT2D eigenvalue weighted by Gasteiger charge is 2.40. The standard InChI is InChI=1S/C11H9ClF3N3O2/c12-7-1-5(2-19)8-9(11(13,14)15)17-18(10(8)16-7)6-3-20-4-6/h1,6,19H,2-4H2. The Hall–Kier alpha value is -1.38. The first kappa shape index (κ1) is 13.6. The van der Waals surface area contributed by atoms with Gasteiger partial charge in [0.1, 0.15) is 11.2 Å². The maximum Gasteiger partial charge on any atom is 0.435 e. The van der Waals surface area contributed by atoms with E-state index in [1.54, 1.807) is 0 Å². The number of alkyl halides is 3. The Morgan fingerprint density at radius 1 is 1.45 bits per heavy atom. The Morgan fingerprint density at radius 3 is 2.65 bits per heavy atom. The summed E-state index contributed by atoms with van der Waals surface area (Å²) in [5.74, 6) is 0. The number of nitrogens with zero attached hydrogens (tertiary/aromatic N) is 3. The molecule has 1 N–H and O–H groups in total. The smallest absolute Gasteiger partial charge is 0.392 e. The third kappa shape index (κ3) is 2.04. The van der Waals surface area contributed by atoms with Crippen molar-refractivity contribution in [3.63, 3.8) is 0 Å². The fraction of sp³-hybridized carbons (Fsp3) is 0.455. The van der Waals surface area contributed by atoms with E-state index < -0.39 is 18.5 Å². The van der Waals surface area contributed by atoms with E-state index in [-0.39, 0.29) is 41.0 Å². The van der Waals surface area contributed by atoms with Crippen molar-refractivity contribution in [2.45, 2.75) is 18.8 Å². The molecule has 0 unspecified atom stereocenters. The summed E-state index contributed by atoms with van der Waals surface area (Å²) >= 11 is 5.79. The van der Waals surface area contributed by atoms with E-state index >= 15 is 0 Å². The average Bonchev–Trinajstić information content (AvgIpc) is 2.65. The van der Waals surface area contributed by atoms with Crippen molar-refractivity contribution in [2.75, 3.05) is 13.2 Å². The lowest BCUT2D eigenvalue weighted by atomic mass is 10.1. The summed E-state index contributed by atoms with van der Waals surface area (Å²) in [4.78, 5) is 3.92. The number of aliphatic hydroxyl groups is 1. The summed E-state index contributed by atoms with van der Waals surface area (Å²) in [6.07, 6.45) is -4.63. The first-order valence-corrected chi connectivity index (χ1v) is 6.13. The Bertz CT molecular complexity index is 667. The monoisotopic (exact) mass is 307 g/mol. The molecule has 0 amide bonds. The maximum absolute atomic E-state index is 13.1. The van der Waals surface area contributed by atoms with Crippen LogP contribution in [0.25, 0.3) is 11.0 Å². The lowest BCUT2D eigenvalue weighted by molar-refractivity contribution is -0.140. The first-order valence-electron chi connectivity index (χ1n) is 5.75. The largest absolute Gasteiger partial charge is 0.435 e. The normalized spacial score (nSPS) is 16.6. The van der Waals surface area contributed by atoms with Gasteiger partial charge in [-0.2, -0.15) is 18.3 Å². The highest BCUT2D eigenvalue weighted by molar-refractivity contribution is 6.29. The zero-order chi connectivity index (χ0) is 14.5. The fourth-order valence-electron chi connectivity index (χ4n) is 2.12. The lowest BCUT2D eigenvalue weighted by Crippen LogP contribution is -2.31. The summed E-state index contributed by atoms with van der Waals surface area (Å²) in [5.41, 5.74) is -0.992. The van der Waals surface area contributed by atoms with Crippen molar-refractivity contribution in [3.05, 3.63) is 22.5 Å². The number of ether oxygens (including phenoxy) is 1. The van der Waals surface area contributed by atoms with Crippen LogP contribution in [0, 0.1) is 0 Å². The van der Waals surface area contributed by atoms with Crippen molar-refractivity contribution >= 4 is 22.6 Å². The predicted octanol–water partition coefficient (Wildman–Crippen LogP) is 2.17. The Balaban J connectivity index is 2.33. The second kappa shape index (κ2) is 4.57. The van der Waals surface area contributed by atoms with Gasteiger partial charge in [-0.25, -0.2) is 9.67 Å². The molecule has 0 spiro atoms. The van der Waals surface area contributed by atoms with Crippen molar-refractivity contribution in [1.82, 2.24) is 14.8 Å². The second-order valence-corrected chi connectivity index (χ2v) is 4.83. The number of aromatic nitrogens is 3. The number of hydrogen-bond acceptors (Lipinski definition) is 4. The Morgan fingerprint density at radius 2 is 2.15 bits per heavy atom. The molecule has 0 bridgehead atoms. The molecule has 0 atom stereocenters. The van der Waals surface area contributed by atoms with E-state index in [4.69, 9.17) is 16.3 Å². The highest BCUT2D eigenvalue weighted by atomic mass is 35.5. The minimum absolute atomic E-state index is 0.0108. The van der Waals surface area contributed by atoms with Gasteiger partial charge in [0.2, 0.25) is 0 Å². The second-order valence-electron chi connectivity index (χ2n) is 4.44. The first-order chi connectivity index (χ1) is 9.41. The van der Waals surface area contributed by atoms with E-state index in [9.17, 15) is 18.3 Å². The third-order valence-corrected chi connectivity index (χ3v) is 3.31. The molecule has 2 aromatic heterocycles. The van der Waals surface area contributed by atoms with Crippen LogP contribution in [0.15, 0.2) is 6.07 Å². The number of halogens is 4. The van der Waals surface area contributed by atoms with Gasteiger partial charge in [0.15, 0.2) is 11.3 Å². The van der Waals surface area contributed by atoms with Crippen molar-refractivity contribution in [3.8, 4) is 0 Å². The van der Waals surface area contributed by atoms with Gasteiger partial charge in [0, 0.05) is 0 Å². The molecule has 9 heteroatoms. The van der Waals surface area contributed by atoms with Gasteiger partial charge in [-0.15, -0.1) is 0 Å². The van der Waals surface area contributed by atoms with Gasteiger partial charge >= 0.3 is 6.18 Å². The van der Waals surface area contributed by atoms with Gasteiger partial charge in [-0.1, -0.05) is 11.6 Å². The summed E-state index contributed by atoms with van der Waals surface area (Å²) < 4.78 is 45.4. The molecule has 0 saturated carbocycles. The van der Waals surface area contributed by atoms with Crippen molar-refractivity contribution in [1.29, 1.82) is 0 Å². The SMILES string of the molecule is OCc1cc(Cl)nc2c1c(C(F)(F)F)nn2C1COC1. The number of pyridine rings is 1. The molecule has 0 aliphatic carbocycles. The molecule has 1 fully saturated rings. The van der Waals surface area contributed by atoms with Crippen LogP contribution in [0.2, 0.25) is 5.15 Å². The molecular formula is C11H9ClF3N3O2. The van der Waals surface area contributed by atoms with Gasteiger partial charge in [0.25, 0.3) is 0 Å². The molecule has 3 heterocycles. The van der Waals surface area contributed by atoms with E-state index in [0.29, 0.717) is 0 Å². The quantitative estimate of drug-likeness (QED) is 0.864. The molecule has 0 radical (unpaired) electrons. The lowest BCUT2D eigenvalue weighted by Gasteiger charge is -2.26. The number of rotatable bonds is 2. The van der Waals surface area contributed by atoms with Gasteiger partial charge < -0.3 is 9.84 Å². The van der Waals surface area contributed by atoms with Crippen LogP contribution in [0.1, 0.15) is 17.3 Å². The molecule has 5 nitrogen and oxygen atoms in total. The predicted molar refractivity (Wildman–Crippen MR) is 63.3 cm³/mol. The van der Waals surface area contributed by atoms with Crippen molar-refractivity contribution in [2.24, 2.45) is 0 Å². The van der Waals surface area contributed by atoms with Crippen LogP contribution < -0.4 is 0 Å². The molecule has 108 valence electrons. The molecule has 0 aromatic carbocycles. The molecule has 1 saturated heterocycles. The van der Waals surface area contributed by atoms with Gasteiger partial charge in [-0.3, -0.25) is 0 Å². The maximum atomic E-state index is 13.1. The minimum Gasteiger partial charge on any atom is -0.392 e. The molecule has 1 aliphatic heterocycles. The van der Waals surface area contributed by atoms with Crippen LogP contribution in [-0.4, -0.2) is 33.1 Å². The van der Waals surface area contributed by atoms with E-state index in [1.165, 1.54) is 10.7 Å². The molecule has 2 aromatic rings. The third-order valence-electron chi connectivity index (χ3n) is 3.12. The molecule has 1 aliphatic rings. The van der Waals surface area contributed by atoms with Crippen LogP contribution in [0.3, 0.4) is 0 Å². The van der Waals surface area contributed by atoms with E-state index in [1.807, 2.05) is 0 Å². The molecule has 20 heavy (non-hydrogen) atoms. The fourth-order valence-corrected chi connectivity index (χ4v) is 2.33. The summed E-state index contributed by atoms with van der Waals surface area (Å²) in [7, 11) is 0. The van der Waals surface area contributed by atoms with Crippen LogP contribution in [0.5, 0.6) is 0 Å². The van der Waals surface area contributed by atoms with Crippen LogP contribution in [0.4, 0.5) is 13.2 Å². The van der Waals surface area contributed by atoms with Crippen molar-refractivity contribution < 1.29 is 23.0 Å². The van der Waals surface area contributed by atoms with E-state index in [2.05, 4.69) is 10.1 Å².